The number of nitrogens with one attached hydrogen (secondary N) is 1. The smallest absolute Gasteiger partial charge is 0.407 e. The quantitative estimate of drug-likeness (QED) is 0.123. The van der Waals surface area contributed by atoms with E-state index in [1.165, 1.54) is 26.0 Å². The van der Waals surface area contributed by atoms with Gasteiger partial charge in [-0.2, -0.15) is 0 Å². The van der Waals surface area contributed by atoms with Crippen LogP contribution in [0.25, 0.3) is 0 Å². The average molecular weight is 766 g/mol. The summed E-state index contributed by atoms with van der Waals surface area (Å²) in [4.78, 5) is 55.1. The lowest BCUT2D eigenvalue weighted by molar-refractivity contribution is -0.343. The van der Waals surface area contributed by atoms with Gasteiger partial charge in [0.1, 0.15) is 36.1 Å². The summed E-state index contributed by atoms with van der Waals surface area (Å²) < 4.78 is 23.0. The molecule has 6 rings (SSSR count). The molecule has 0 radical (unpaired) electrons. The number of alkyl carbamates (subject to hydrolysis) is 1. The van der Waals surface area contributed by atoms with Crippen LogP contribution in [-0.2, 0) is 35.1 Å². The zero-order chi connectivity index (χ0) is 40.2. The molecular formula is C41H51NO13. The highest BCUT2D eigenvalue weighted by molar-refractivity contribution is 5.94. The van der Waals surface area contributed by atoms with Crippen LogP contribution in [-0.4, -0.2) is 110 Å². The SMILES string of the molecule is CC1=C2C(O)C(=O)[C@]3(C)C(O)CC4OC[C@@]4(O)C3C(OC(=O)c3ccccc3)C(O)(CC1OC(=O)C(O)C(NC(=O)OCc1ccccc1)C(C)C)C2(C)C. The Labute approximate surface area is 319 Å². The maximum Gasteiger partial charge on any atom is 0.407 e. The van der Waals surface area contributed by atoms with Gasteiger partial charge >= 0.3 is 18.0 Å². The number of carbonyl (C=O) groups excluding carboxylic acids is 4. The van der Waals surface area contributed by atoms with Gasteiger partial charge in [-0.05, 0) is 48.6 Å². The second-order valence-corrected chi connectivity index (χ2v) is 16.5. The second kappa shape index (κ2) is 14.7. The van der Waals surface area contributed by atoms with E-state index in [1.54, 1.807) is 70.2 Å². The molecule has 0 aromatic heterocycles. The van der Waals surface area contributed by atoms with Crippen molar-refractivity contribution in [1.29, 1.82) is 0 Å². The van der Waals surface area contributed by atoms with E-state index in [4.69, 9.17) is 18.9 Å². The molecule has 4 aliphatic rings. The Morgan fingerprint density at radius 2 is 1.58 bits per heavy atom. The Balaban J connectivity index is 1.38. The topological polar surface area (TPSA) is 218 Å². The van der Waals surface area contributed by atoms with Gasteiger partial charge in [0.05, 0.1) is 35.8 Å². The molecule has 3 aliphatic carbocycles. The number of amides is 1. The van der Waals surface area contributed by atoms with Crippen LogP contribution < -0.4 is 5.32 Å². The standard InChI is InChI=1S/C41H51NO13/c1-21(2)29(42-37(49)52-19-23-13-9-7-10-14-23)31(45)36(48)54-25-18-41(51)34(55-35(47)24-15-11-8-12-16-24)32-39(6,26(43)17-27-40(32,50)20-53-27)33(46)30(44)28(22(25)3)38(41,4)5/h7-16,21,25-27,29-32,34,43-45,50-51H,17-20H2,1-6H3,(H,42,49)/t25?,26?,27?,29?,30?,31?,32?,34?,39-,40+,41?/m1/s1. The molecule has 9 unspecified atom stereocenters. The molecule has 2 aromatic carbocycles. The van der Waals surface area contributed by atoms with Crippen molar-refractivity contribution < 1.29 is 63.7 Å². The summed E-state index contributed by atoms with van der Waals surface area (Å²) in [6.45, 7) is 8.98. The van der Waals surface area contributed by atoms with E-state index in [9.17, 15) is 44.7 Å². The fourth-order valence-corrected chi connectivity index (χ4v) is 9.24. The molecule has 6 N–H and O–H groups in total. The van der Waals surface area contributed by atoms with E-state index in [0.29, 0.717) is 0 Å². The third kappa shape index (κ3) is 6.66. The number of esters is 2. The van der Waals surface area contributed by atoms with Gasteiger partial charge in [0.15, 0.2) is 11.9 Å². The summed E-state index contributed by atoms with van der Waals surface area (Å²) in [6, 6.07) is 15.6. The number of rotatable bonds is 9. The van der Waals surface area contributed by atoms with Crippen LogP contribution >= 0.6 is 0 Å². The fraction of sp³-hybridized carbons (Fsp3) is 0.561. The van der Waals surface area contributed by atoms with Crippen LogP contribution in [0, 0.1) is 22.7 Å². The third-order valence-corrected chi connectivity index (χ3v) is 12.7. The average Bonchev–Trinajstić information content (AvgIpc) is 3.15. The Kier molecular flexibility index (Phi) is 10.8. The lowest BCUT2D eigenvalue weighted by Crippen LogP contribution is -2.81. The van der Waals surface area contributed by atoms with Gasteiger partial charge in [-0.15, -0.1) is 0 Å². The predicted octanol–water partition coefficient (Wildman–Crippen LogP) is 2.37. The van der Waals surface area contributed by atoms with Crippen LogP contribution in [0.4, 0.5) is 4.79 Å². The highest BCUT2D eigenvalue weighted by atomic mass is 16.6. The summed E-state index contributed by atoms with van der Waals surface area (Å²) in [5.74, 6) is -4.98. The first-order chi connectivity index (χ1) is 25.8. The molecule has 3 fully saturated rings. The van der Waals surface area contributed by atoms with Crippen LogP contribution in [0.15, 0.2) is 71.8 Å². The highest BCUT2D eigenvalue weighted by Crippen LogP contribution is 2.63. The number of Topliss-reactive ketones (excluding diaryl/α,β-unsaturated/α-hetero) is 1. The van der Waals surface area contributed by atoms with Crippen LogP contribution in [0.1, 0.15) is 70.3 Å². The fourth-order valence-electron chi connectivity index (χ4n) is 9.24. The van der Waals surface area contributed by atoms with Crippen molar-refractivity contribution >= 4 is 23.8 Å². The van der Waals surface area contributed by atoms with E-state index in [-0.39, 0.29) is 36.3 Å². The van der Waals surface area contributed by atoms with Gasteiger partial charge in [0.2, 0.25) is 0 Å². The zero-order valence-electron chi connectivity index (χ0n) is 31.8. The Morgan fingerprint density at radius 1 is 0.964 bits per heavy atom. The highest BCUT2D eigenvalue weighted by Gasteiger charge is 2.76. The van der Waals surface area contributed by atoms with Crippen LogP contribution in [0.2, 0.25) is 0 Å². The van der Waals surface area contributed by atoms with E-state index in [2.05, 4.69) is 5.32 Å². The molecule has 2 bridgehead atoms. The number of hydrogen-bond donors (Lipinski definition) is 6. The zero-order valence-corrected chi connectivity index (χ0v) is 31.8. The molecule has 11 atom stereocenters. The first kappa shape index (κ1) is 40.5. The van der Waals surface area contributed by atoms with Crippen molar-refractivity contribution in [3.63, 3.8) is 0 Å². The second-order valence-electron chi connectivity index (χ2n) is 16.5. The Bertz CT molecular complexity index is 1830. The van der Waals surface area contributed by atoms with E-state index in [1.807, 2.05) is 6.07 Å². The molecule has 1 aliphatic heterocycles. The predicted molar refractivity (Wildman–Crippen MR) is 194 cm³/mol. The molecule has 2 saturated carbocycles. The minimum Gasteiger partial charge on any atom is -0.456 e. The molecule has 0 spiro atoms. The largest absolute Gasteiger partial charge is 0.456 e. The minimum absolute atomic E-state index is 0.0341. The third-order valence-electron chi connectivity index (χ3n) is 12.7. The minimum atomic E-state index is -2.29. The number of ketones is 1. The first-order valence-electron chi connectivity index (χ1n) is 18.6. The number of fused-ring (bicyclic) bond motifs is 5. The van der Waals surface area contributed by atoms with E-state index >= 15 is 0 Å². The van der Waals surface area contributed by atoms with Crippen LogP contribution in [0.5, 0.6) is 0 Å². The van der Waals surface area contributed by atoms with Gasteiger partial charge in [0.25, 0.3) is 0 Å². The van der Waals surface area contributed by atoms with Gasteiger partial charge in [0, 0.05) is 24.2 Å². The van der Waals surface area contributed by atoms with Gasteiger partial charge in [-0.3, -0.25) is 4.79 Å². The number of benzene rings is 2. The lowest BCUT2D eigenvalue weighted by atomic mass is 9.44. The molecule has 298 valence electrons. The number of aliphatic hydroxyl groups is 5. The van der Waals surface area contributed by atoms with E-state index < -0.39 is 107 Å². The molecule has 1 saturated heterocycles. The molecular weight excluding hydrogens is 714 g/mol. The normalized spacial score (nSPS) is 34.8. The molecule has 55 heavy (non-hydrogen) atoms. The first-order valence-corrected chi connectivity index (χ1v) is 18.6. The summed E-state index contributed by atoms with van der Waals surface area (Å²) >= 11 is 0. The maximum atomic E-state index is 14.7. The number of aliphatic hydroxyl groups excluding tert-OH is 3. The maximum absolute atomic E-state index is 14.7. The van der Waals surface area contributed by atoms with Crippen molar-refractivity contribution in [3.05, 3.63) is 82.9 Å². The molecule has 1 amide bonds. The molecule has 14 nitrogen and oxygen atoms in total. The summed E-state index contributed by atoms with van der Waals surface area (Å²) in [5.41, 5.74) is -6.74. The van der Waals surface area contributed by atoms with Crippen LogP contribution in [0.3, 0.4) is 0 Å². The number of carbonyl (C=O) groups is 4. The number of ether oxygens (including phenoxy) is 4. The summed E-state index contributed by atoms with van der Waals surface area (Å²) in [6.07, 6.45) is -11.1. The summed E-state index contributed by atoms with van der Waals surface area (Å²) in [7, 11) is 0. The Hall–Kier alpha value is -4.18. The lowest BCUT2D eigenvalue weighted by Gasteiger charge is -2.66. The molecule has 1 heterocycles. The van der Waals surface area contributed by atoms with Gasteiger partial charge < -0.3 is 49.8 Å². The van der Waals surface area contributed by atoms with Gasteiger partial charge in [-0.25, -0.2) is 14.4 Å². The molecule has 2 aromatic rings. The number of hydrogen-bond acceptors (Lipinski definition) is 13. The molecule has 14 heteroatoms. The van der Waals surface area contributed by atoms with Gasteiger partial charge in [-0.1, -0.05) is 76.2 Å². The van der Waals surface area contributed by atoms with Crippen molar-refractivity contribution in [3.8, 4) is 0 Å². The van der Waals surface area contributed by atoms with Crippen molar-refractivity contribution in [2.75, 3.05) is 6.61 Å². The summed E-state index contributed by atoms with van der Waals surface area (Å²) in [5, 5.41) is 62.9. The van der Waals surface area contributed by atoms with Crippen molar-refractivity contribution in [2.24, 2.45) is 22.7 Å². The van der Waals surface area contributed by atoms with Crippen molar-refractivity contribution in [2.45, 2.75) is 115 Å². The Morgan fingerprint density at radius 3 is 2.16 bits per heavy atom. The van der Waals surface area contributed by atoms with E-state index in [0.717, 1.165) is 5.56 Å². The monoisotopic (exact) mass is 765 g/mol. The van der Waals surface area contributed by atoms with Crippen molar-refractivity contribution in [1.82, 2.24) is 5.32 Å².